The van der Waals surface area contributed by atoms with E-state index in [2.05, 4.69) is 30.5 Å². The maximum absolute atomic E-state index is 13.4. The fourth-order valence-corrected chi connectivity index (χ4v) is 4.04. The summed E-state index contributed by atoms with van der Waals surface area (Å²) >= 11 is 0. The van der Waals surface area contributed by atoms with Gasteiger partial charge in [0.15, 0.2) is 5.82 Å². The van der Waals surface area contributed by atoms with Crippen LogP contribution in [0.1, 0.15) is 5.56 Å². The van der Waals surface area contributed by atoms with Gasteiger partial charge in [-0.05, 0) is 24.3 Å². The number of methoxy groups -OCH3 is 1. The number of nitrogens with one attached hydrogen (secondary N) is 2. The number of pyridine rings is 2. The van der Waals surface area contributed by atoms with Crippen LogP contribution in [0.3, 0.4) is 0 Å². The molecule has 11 heteroatoms. The second-order valence-electron chi connectivity index (χ2n) is 7.94. The van der Waals surface area contributed by atoms with Gasteiger partial charge in [0.1, 0.15) is 17.4 Å². The molecule has 1 aliphatic rings. The highest BCUT2D eigenvalue weighted by molar-refractivity contribution is 5.95. The minimum atomic E-state index is -4.49. The molecule has 180 valence electrons. The number of nitrogens with zero attached hydrogens (tertiary/aromatic N) is 5. The molecule has 1 fully saturated rings. The number of ether oxygens (including phenoxy) is 1. The molecule has 0 unspecified atom stereocenters. The van der Waals surface area contributed by atoms with Crippen molar-refractivity contribution < 1.29 is 17.9 Å². The highest BCUT2D eigenvalue weighted by Crippen LogP contribution is 2.37. The third-order valence-electron chi connectivity index (χ3n) is 5.70. The van der Waals surface area contributed by atoms with Crippen LogP contribution in [-0.4, -0.2) is 53.2 Å². The Balaban J connectivity index is 1.57. The molecule has 0 atom stereocenters. The van der Waals surface area contributed by atoms with Crippen molar-refractivity contribution in [1.82, 2.24) is 25.3 Å². The Hall–Kier alpha value is -3.99. The highest BCUT2D eigenvalue weighted by Gasteiger charge is 2.33. The van der Waals surface area contributed by atoms with Gasteiger partial charge in [-0.2, -0.15) is 13.2 Å². The molecule has 0 bridgehead atoms. The van der Waals surface area contributed by atoms with Crippen molar-refractivity contribution in [1.29, 1.82) is 0 Å². The molecule has 0 spiro atoms. The number of benzene rings is 1. The van der Waals surface area contributed by atoms with E-state index in [9.17, 15) is 13.2 Å². The number of hydrogen-bond donors (Lipinski definition) is 2. The first-order valence-corrected chi connectivity index (χ1v) is 11.0. The molecular formula is C24H22F3N7O. The minimum absolute atomic E-state index is 0.0838. The summed E-state index contributed by atoms with van der Waals surface area (Å²) in [4.78, 5) is 20.1. The van der Waals surface area contributed by atoms with Crippen molar-refractivity contribution in [2.45, 2.75) is 6.18 Å². The zero-order valence-corrected chi connectivity index (χ0v) is 18.8. The topological polar surface area (TPSA) is 88.1 Å². The van der Waals surface area contributed by atoms with Crippen molar-refractivity contribution in [3.63, 3.8) is 0 Å². The summed E-state index contributed by atoms with van der Waals surface area (Å²) < 4.78 is 45.8. The summed E-state index contributed by atoms with van der Waals surface area (Å²) in [6.45, 7) is 3.15. The first kappa shape index (κ1) is 22.8. The molecule has 4 heterocycles. The van der Waals surface area contributed by atoms with E-state index >= 15 is 0 Å². The predicted octanol–water partition coefficient (Wildman–Crippen LogP) is 4.27. The van der Waals surface area contributed by atoms with Gasteiger partial charge in [0, 0.05) is 37.9 Å². The van der Waals surface area contributed by atoms with Gasteiger partial charge in [0.2, 0.25) is 0 Å². The smallest absolute Gasteiger partial charge is 0.418 e. The minimum Gasteiger partial charge on any atom is -0.494 e. The van der Waals surface area contributed by atoms with Gasteiger partial charge in [-0.15, -0.1) is 0 Å². The molecule has 4 aromatic rings. The van der Waals surface area contributed by atoms with E-state index in [1.54, 1.807) is 31.6 Å². The predicted molar refractivity (Wildman–Crippen MR) is 127 cm³/mol. The standard InChI is InChI=1S/C24H22F3N7O/c1-35-19-14-29-13-18-21(19)23(34-10-8-28-9-11-34)33-22(32-18)15-6-7-30-20(12-15)31-17-5-3-2-4-16(17)24(25,26)27/h2-7,12-14,28H,8-11H2,1H3,(H,30,31). The normalized spacial score (nSPS) is 14.2. The van der Waals surface area contributed by atoms with Crippen molar-refractivity contribution in [2.75, 3.05) is 43.5 Å². The van der Waals surface area contributed by atoms with Crippen molar-refractivity contribution in [3.05, 3.63) is 60.6 Å². The van der Waals surface area contributed by atoms with Crippen LogP contribution in [0.2, 0.25) is 0 Å². The monoisotopic (exact) mass is 481 g/mol. The summed E-state index contributed by atoms with van der Waals surface area (Å²) in [5, 5.41) is 6.88. The first-order chi connectivity index (χ1) is 16.9. The Morgan fingerprint density at radius 2 is 1.86 bits per heavy atom. The molecule has 1 aromatic carbocycles. The Kier molecular flexibility index (Phi) is 6.08. The third-order valence-corrected chi connectivity index (χ3v) is 5.70. The molecule has 1 aliphatic heterocycles. The molecule has 0 aliphatic carbocycles. The zero-order valence-electron chi connectivity index (χ0n) is 18.8. The van der Waals surface area contributed by atoms with Crippen molar-refractivity contribution in [3.8, 4) is 17.1 Å². The van der Waals surface area contributed by atoms with Crippen LogP contribution < -0.4 is 20.3 Å². The lowest BCUT2D eigenvalue weighted by Gasteiger charge is -2.29. The molecule has 2 N–H and O–H groups in total. The van der Waals surface area contributed by atoms with Crippen molar-refractivity contribution >= 4 is 28.2 Å². The molecular weight excluding hydrogens is 459 g/mol. The van der Waals surface area contributed by atoms with E-state index < -0.39 is 11.7 Å². The van der Waals surface area contributed by atoms with Gasteiger partial charge in [0.05, 0.1) is 41.7 Å². The highest BCUT2D eigenvalue weighted by atomic mass is 19.4. The van der Waals surface area contributed by atoms with Crippen molar-refractivity contribution in [2.24, 2.45) is 0 Å². The maximum atomic E-state index is 13.4. The van der Waals surface area contributed by atoms with E-state index in [-0.39, 0.29) is 11.5 Å². The van der Waals surface area contributed by atoms with Crippen LogP contribution in [0.4, 0.5) is 30.5 Å². The van der Waals surface area contributed by atoms with Crippen LogP contribution in [0, 0.1) is 0 Å². The van der Waals surface area contributed by atoms with E-state index in [0.29, 0.717) is 22.7 Å². The summed E-state index contributed by atoms with van der Waals surface area (Å²) in [6, 6.07) is 8.62. The van der Waals surface area contributed by atoms with Gasteiger partial charge < -0.3 is 20.3 Å². The van der Waals surface area contributed by atoms with Crippen LogP contribution in [0.5, 0.6) is 5.75 Å². The number of hydrogen-bond acceptors (Lipinski definition) is 8. The molecule has 5 rings (SSSR count). The number of alkyl halides is 3. The summed E-state index contributed by atoms with van der Waals surface area (Å²) in [6.07, 6.45) is 0.293. The second kappa shape index (κ2) is 9.34. The summed E-state index contributed by atoms with van der Waals surface area (Å²) in [7, 11) is 1.57. The lowest BCUT2D eigenvalue weighted by atomic mass is 10.1. The fraction of sp³-hybridized carbons (Fsp3) is 0.250. The summed E-state index contributed by atoms with van der Waals surface area (Å²) in [5.41, 5.74) is 0.359. The number of rotatable bonds is 5. The average molecular weight is 481 g/mol. The largest absolute Gasteiger partial charge is 0.494 e. The summed E-state index contributed by atoms with van der Waals surface area (Å²) in [5.74, 6) is 1.95. The average Bonchev–Trinajstić information content (AvgIpc) is 2.88. The number of anilines is 3. The number of piperazine rings is 1. The van der Waals surface area contributed by atoms with Crippen LogP contribution >= 0.6 is 0 Å². The zero-order chi connectivity index (χ0) is 24.4. The van der Waals surface area contributed by atoms with Crippen LogP contribution in [-0.2, 0) is 6.18 Å². The number of halogens is 3. The molecule has 3 aromatic heterocycles. The Morgan fingerprint density at radius 3 is 2.63 bits per heavy atom. The maximum Gasteiger partial charge on any atom is 0.418 e. The van der Waals surface area contributed by atoms with E-state index in [0.717, 1.165) is 43.4 Å². The van der Waals surface area contributed by atoms with Crippen LogP contribution in [0.25, 0.3) is 22.3 Å². The van der Waals surface area contributed by atoms with Gasteiger partial charge in [-0.25, -0.2) is 15.0 Å². The number of aromatic nitrogens is 4. The SMILES string of the molecule is COc1cncc2nc(-c3ccnc(Nc4ccccc4C(F)(F)F)c3)nc(N3CCNCC3)c12. The molecule has 35 heavy (non-hydrogen) atoms. The molecule has 8 nitrogen and oxygen atoms in total. The third kappa shape index (κ3) is 4.67. The number of fused-ring (bicyclic) bond motifs is 1. The lowest BCUT2D eigenvalue weighted by Crippen LogP contribution is -2.44. The Labute approximate surface area is 199 Å². The number of para-hydroxylation sites is 1. The van der Waals surface area contributed by atoms with E-state index in [1.165, 1.54) is 24.4 Å². The Bertz CT molecular complexity index is 1360. The molecule has 1 saturated heterocycles. The van der Waals surface area contributed by atoms with Gasteiger partial charge in [-0.1, -0.05) is 12.1 Å². The lowest BCUT2D eigenvalue weighted by molar-refractivity contribution is -0.136. The van der Waals surface area contributed by atoms with Gasteiger partial charge >= 0.3 is 6.18 Å². The second-order valence-corrected chi connectivity index (χ2v) is 7.94. The fourth-order valence-electron chi connectivity index (χ4n) is 4.04. The van der Waals surface area contributed by atoms with Crippen LogP contribution in [0.15, 0.2) is 55.0 Å². The molecule has 0 radical (unpaired) electrons. The van der Waals surface area contributed by atoms with E-state index in [4.69, 9.17) is 9.72 Å². The molecule has 0 amide bonds. The Morgan fingerprint density at radius 1 is 1.06 bits per heavy atom. The van der Waals surface area contributed by atoms with Gasteiger partial charge in [0.25, 0.3) is 0 Å². The quantitative estimate of drug-likeness (QED) is 0.437. The van der Waals surface area contributed by atoms with Gasteiger partial charge in [-0.3, -0.25) is 4.98 Å². The first-order valence-electron chi connectivity index (χ1n) is 11.0. The molecule has 0 saturated carbocycles. The van der Waals surface area contributed by atoms with E-state index in [1.807, 2.05) is 0 Å².